The highest BCUT2D eigenvalue weighted by atomic mass is 127. The average molecular weight is 566 g/mol. The van der Waals surface area contributed by atoms with Gasteiger partial charge >= 0.3 is 6.61 Å². The van der Waals surface area contributed by atoms with Crippen LogP contribution in [-0.4, -0.2) is 56.9 Å². The molecule has 6 nitrogen and oxygen atoms in total. The van der Waals surface area contributed by atoms with E-state index in [1.54, 1.807) is 23.5 Å². The first-order chi connectivity index (χ1) is 14.7. The Bertz CT molecular complexity index is 789. The standard InChI is InChI=1S/C21H28F2N4O2S.HI/c1-2-24-21(25-14-16-5-3-6-17(13-16)29-20(22)23)26-15-18(19-7-4-12-30-19)27-8-10-28-11-9-27;/h3-7,12-13,18,20H,2,8-11,14-15H2,1H3,(H2,24,25,26);1H. The lowest BCUT2D eigenvalue weighted by atomic mass is 10.2. The van der Waals surface area contributed by atoms with Crippen molar-refractivity contribution < 1.29 is 18.3 Å². The van der Waals surface area contributed by atoms with Crippen LogP contribution in [0.1, 0.15) is 23.4 Å². The zero-order chi connectivity index (χ0) is 21.2. The number of aliphatic imine (C=N–C) groups is 1. The van der Waals surface area contributed by atoms with Gasteiger partial charge < -0.3 is 20.1 Å². The van der Waals surface area contributed by atoms with E-state index in [9.17, 15) is 8.78 Å². The van der Waals surface area contributed by atoms with Gasteiger partial charge in [-0.1, -0.05) is 18.2 Å². The molecule has 1 atom stereocenters. The molecule has 2 heterocycles. The maximum Gasteiger partial charge on any atom is 0.387 e. The molecule has 1 aromatic heterocycles. The number of nitrogens with one attached hydrogen (secondary N) is 2. The molecule has 0 aliphatic carbocycles. The fourth-order valence-corrected chi connectivity index (χ4v) is 4.17. The van der Waals surface area contributed by atoms with Crippen LogP contribution < -0.4 is 15.4 Å². The van der Waals surface area contributed by atoms with E-state index in [0.29, 0.717) is 19.0 Å². The molecule has 2 aromatic rings. The van der Waals surface area contributed by atoms with E-state index in [1.807, 2.05) is 13.0 Å². The maximum absolute atomic E-state index is 12.4. The fraction of sp³-hybridized carbons (Fsp3) is 0.476. The molecule has 3 rings (SSSR count). The summed E-state index contributed by atoms with van der Waals surface area (Å²) in [4.78, 5) is 8.34. The van der Waals surface area contributed by atoms with Gasteiger partial charge in [0.05, 0.1) is 25.8 Å². The Morgan fingerprint density at radius 1 is 1.23 bits per heavy atom. The number of nitrogens with zero attached hydrogens (tertiary/aromatic N) is 2. The van der Waals surface area contributed by atoms with Crippen LogP contribution in [0.5, 0.6) is 5.75 Å². The van der Waals surface area contributed by atoms with Crippen LogP contribution >= 0.6 is 35.3 Å². The number of hydrogen-bond donors (Lipinski definition) is 2. The minimum absolute atomic E-state index is 0. The normalized spacial score (nSPS) is 15.9. The van der Waals surface area contributed by atoms with E-state index >= 15 is 0 Å². The Morgan fingerprint density at radius 2 is 2.03 bits per heavy atom. The molecule has 1 fully saturated rings. The summed E-state index contributed by atoms with van der Waals surface area (Å²) in [7, 11) is 0. The summed E-state index contributed by atoms with van der Waals surface area (Å²) in [5, 5.41) is 8.78. The van der Waals surface area contributed by atoms with Crippen LogP contribution in [-0.2, 0) is 11.3 Å². The Kier molecular flexibility index (Phi) is 11.5. The quantitative estimate of drug-likeness (QED) is 0.272. The highest BCUT2D eigenvalue weighted by Crippen LogP contribution is 2.25. The smallest absolute Gasteiger partial charge is 0.387 e. The van der Waals surface area contributed by atoms with Crippen LogP contribution in [0.2, 0.25) is 0 Å². The third-order valence-electron chi connectivity index (χ3n) is 4.71. The number of benzene rings is 1. The van der Waals surface area contributed by atoms with Gasteiger partial charge in [0.25, 0.3) is 0 Å². The molecule has 0 radical (unpaired) electrons. The van der Waals surface area contributed by atoms with Crippen molar-refractivity contribution in [2.45, 2.75) is 26.1 Å². The number of halogens is 3. The molecule has 1 saturated heterocycles. The molecular formula is C21H29F2IN4O2S. The van der Waals surface area contributed by atoms with Gasteiger partial charge in [0.1, 0.15) is 5.75 Å². The van der Waals surface area contributed by atoms with Crippen molar-refractivity contribution in [1.29, 1.82) is 0 Å². The van der Waals surface area contributed by atoms with E-state index in [1.165, 1.54) is 10.9 Å². The van der Waals surface area contributed by atoms with Crippen LogP contribution in [0.3, 0.4) is 0 Å². The molecule has 1 aliphatic rings. The molecule has 0 spiro atoms. The molecule has 10 heteroatoms. The summed E-state index contributed by atoms with van der Waals surface area (Å²) in [6.45, 7) is 4.24. The SMILES string of the molecule is CCNC(=NCc1cccc(OC(F)F)c1)NCC(c1cccs1)N1CCOCC1.I. The summed E-state index contributed by atoms with van der Waals surface area (Å²) in [6.07, 6.45) is 0. The van der Waals surface area contributed by atoms with Gasteiger partial charge in [0.2, 0.25) is 0 Å². The van der Waals surface area contributed by atoms with Crippen molar-refractivity contribution in [3.05, 3.63) is 52.2 Å². The van der Waals surface area contributed by atoms with Gasteiger partial charge in [-0.3, -0.25) is 4.90 Å². The minimum Gasteiger partial charge on any atom is -0.435 e. The number of rotatable bonds is 9. The molecule has 0 amide bonds. The van der Waals surface area contributed by atoms with Crippen LogP contribution in [0.25, 0.3) is 0 Å². The van der Waals surface area contributed by atoms with E-state index in [0.717, 1.165) is 38.4 Å². The largest absolute Gasteiger partial charge is 0.435 e. The van der Waals surface area contributed by atoms with Gasteiger partial charge in [-0.15, -0.1) is 35.3 Å². The van der Waals surface area contributed by atoms with E-state index in [2.05, 4.69) is 42.8 Å². The second-order valence-electron chi connectivity index (χ2n) is 6.78. The molecule has 31 heavy (non-hydrogen) atoms. The third-order valence-corrected chi connectivity index (χ3v) is 5.68. The molecule has 1 unspecified atom stereocenters. The van der Waals surface area contributed by atoms with Crippen LogP contribution in [0.15, 0.2) is 46.8 Å². The van der Waals surface area contributed by atoms with E-state index < -0.39 is 6.61 Å². The number of thiophene rings is 1. The van der Waals surface area contributed by atoms with Gasteiger partial charge in [0.15, 0.2) is 5.96 Å². The molecule has 1 aromatic carbocycles. The summed E-state index contributed by atoms with van der Waals surface area (Å²) >= 11 is 1.75. The Hall–Kier alpha value is -1.50. The molecule has 0 saturated carbocycles. The van der Waals surface area contributed by atoms with Gasteiger partial charge in [0, 0.05) is 31.1 Å². The first-order valence-electron chi connectivity index (χ1n) is 10.1. The van der Waals surface area contributed by atoms with Crippen molar-refractivity contribution in [2.75, 3.05) is 39.4 Å². The monoisotopic (exact) mass is 566 g/mol. The highest BCUT2D eigenvalue weighted by molar-refractivity contribution is 14.0. The zero-order valence-electron chi connectivity index (χ0n) is 17.4. The summed E-state index contributed by atoms with van der Waals surface area (Å²) in [6, 6.07) is 11.1. The maximum atomic E-state index is 12.4. The summed E-state index contributed by atoms with van der Waals surface area (Å²) in [5.41, 5.74) is 0.799. The first-order valence-corrected chi connectivity index (χ1v) is 10.9. The lowest BCUT2D eigenvalue weighted by Crippen LogP contribution is -2.46. The predicted octanol–water partition coefficient (Wildman–Crippen LogP) is 4.10. The number of guanidine groups is 1. The molecular weight excluding hydrogens is 537 g/mol. The van der Waals surface area contributed by atoms with E-state index in [-0.39, 0.29) is 35.8 Å². The zero-order valence-corrected chi connectivity index (χ0v) is 20.6. The van der Waals surface area contributed by atoms with E-state index in [4.69, 9.17) is 4.74 Å². The van der Waals surface area contributed by atoms with Crippen LogP contribution in [0.4, 0.5) is 8.78 Å². The number of alkyl halides is 2. The van der Waals surface area contributed by atoms with Crippen molar-refractivity contribution in [1.82, 2.24) is 15.5 Å². The Morgan fingerprint density at radius 3 is 2.71 bits per heavy atom. The highest BCUT2D eigenvalue weighted by Gasteiger charge is 2.23. The topological polar surface area (TPSA) is 58.1 Å². The number of ether oxygens (including phenoxy) is 2. The lowest BCUT2D eigenvalue weighted by molar-refractivity contribution is -0.0498. The molecule has 1 aliphatic heterocycles. The Labute approximate surface area is 203 Å². The van der Waals surface area contributed by atoms with Crippen molar-refractivity contribution in [3.63, 3.8) is 0 Å². The fourth-order valence-electron chi connectivity index (χ4n) is 3.31. The Balaban J connectivity index is 0.00000341. The molecule has 2 N–H and O–H groups in total. The second kappa shape index (κ2) is 13.8. The van der Waals surface area contributed by atoms with Gasteiger partial charge in [-0.05, 0) is 36.1 Å². The summed E-state index contributed by atoms with van der Waals surface area (Å²) in [5.74, 6) is 0.827. The molecule has 172 valence electrons. The van der Waals surface area contributed by atoms with Crippen molar-refractivity contribution in [2.24, 2.45) is 4.99 Å². The van der Waals surface area contributed by atoms with Crippen molar-refractivity contribution in [3.8, 4) is 5.75 Å². The summed E-state index contributed by atoms with van der Waals surface area (Å²) < 4.78 is 34.8. The minimum atomic E-state index is -2.84. The lowest BCUT2D eigenvalue weighted by Gasteiger charge is -2.34. The third kappa shape index (κ3) is 8.51. The van der Waals surface area contributed by atoms with Gasteiger partial charge in [-0.25, -0.2) is 4.99 Å². The molecule has 0 bridgehead atoms. The number of hydrogen-bond acceptors (Lipinski definition) is 5. The van der Waals surface area contributed by atoms with Gasteiger partial charge in [-0.2, -0.15) is 8.78 Å². The van der Waals surface area contributed by atoms with Crippen molar-refractivity contribution >= 4 is 41.3 Å². The van der Waals surface area contributed by atoms with Crippen LogP contribution in [0, 0.1) is 0 Å². The number of morpholine rings is 1. The average Bonchev–Trinajstić information content (AvgIpc) is 3.27. The first kappa shape index (κ1) is 25.8. The predicted molar refractivity (Wildman–Crippen MR) is 131 cm³/mol. The second-order valence-corrected chi connectivity index (χ2v) is 7.76.